The van der Waals surface area contributed by atoms with Crippen LogP contribution >= 0.6 is 0 Å². The first kappa shape index (κ1) is 16.8. The molecule has 0 fully saturated rings. The van der Waals surface area contributed by atoms with Crippen molar-refractivity contribution in [2.45, 2.75) is 11.5 Å². The second kappa shape index (κ2) is 10.4. The Morgan fingerprint density at radius 2 is 1.14 bits per heavy atom. The average Bonchev–Trinajstić information content (AvgIpc) is 2.80. The number of hydrogen-bond acceptors (Lipinski definition) is 3. The zero-order chi connectivity index (χ0) is 22.7. The van der Waals surface area contributed by atoms with Gasteiger partial charge >= 0.3 is 168 Å². The number of esters is 1. The van der Waals surface area contributed by atoms with E-state index in [9.17, 15) is 9.59 Å². The average molecular weight is 505 g/mol. The van der Waals surface area contributed by atoms with Gasteiger partial charge in [0.25, 0.3) is 0 Å². The third-order valence-electron chi connectivity index (χ3n) is 4.10. The molecule has 0 atom stereocenters. The number of carbonyl (C=O) groups is 2. The SMILES string of the molecule is [2H]C([2H])(C(=O)OC)C(=O)C([2H])([2H])[As+](c1ccccc1)(c1ccccc1)c1ccccc1.[Br-]. The Hall–Kier alpha value is -2.16. The van der Waals surface area contributed by atoms with Gasteiger partial charge in [-0.1, -0.05) is 0 Å². The molecule has 28 heavy (non-hydrogen) atoms. The predicted octanol–water partition coefficient (Wildman–Crippen LogP) is -0.707. The summed E-state index contributed by atoms with van der Waals surface area (Å²) >= 11 is -4.35. The first-order chi connectivity index (χ1) is 14.7. The van der Waals surface area contributed by atoms with E-state index in [2.05, 4.69) is 4.74 Å². The van der Waals surface area contributed by atoms with E-state index in [0.717, 1.165) is 7.11 Å². The summed E-state index contributed by atoms with van der Waals surface area (Å²) in [5, 5.41) is -2.69. The molecule has 0 radical (unpaired) electrons. The Balaban J connectivity index is 0.00000363. The summed E-state index contributed by atoms with van der Waals surface area (Å²) < 4.78 is 40.8. The molecule has 0 aliphatic rings. The van der Waals surface area contributed by atoms with Crippen LogP contribution in [0, 0.1) is 0 Å². The summed E-state index contributed by atoms with van der Waals surface area (Å²) in [6.45, 7) is 0. The fourth-order valence-electron chi connectivity index (χ4n) is 2.92. The van der Waals surface area contributed by atoms with Gasteiger partial charge in [0.2, 0.25) is 0 Å². The van der Waals surface area contributed by atoms with Crippen LogP contribution in [0.5, 0.6) is 0 Å². The zero-order valence-electron chi connectivity index (χ0n) is 19.2. The van der Waals surface area contributed by atoms with E-state index in [1.165, 1.54) is 0 Å². The van der Waals surface area contributed by atoms with Crippen LogP contribution in [-0.4, -0.2) is 32.4 Å². The van der Waals surface area contributed by atoms with Gasteiger partial charge in [0, 0.05) is 0 Å². The first-order valence-electron chi connectivity index (χ1n) is 10.4. The second-order valence-corrected chi connectivity index (χ2v) is 12.3. The fraction of sp³-hybridized carbons (Fsp3) is 0.130. The number of rotatable bonds is 7. The van der Waals surface area contributed by atoms with Crippen LogP contribution in [0.1, 0.15) is 11.9 Å². The minimum absolute atomic E-state index is 0. The van der Waals surface area contributed by atoms with Gasteiger partial charge in [-0.2, -0.15) is 0 Å². The Morgan fingerprint density at radius 3 is 1.46 bits per heavy atom. The first-order valence-corrected chi connectivity index (χ1v) is 12.2. The fourth-order valence-corrected chi connectivity index (χ4v) is 10.3. The smallest absolute Gasteiger partial charge is 1.00 e. The topological polar surface area (TPSA) is 43.4 Å². The molecule has 0 saturated heterocycles. The van der Waals surface area contributed by atoms with Crippen LogP contribution in [0.15, 0.2) is 91.0 Å². The van der Waals surface area contributed by atoms with Crippen LogP contribution in [-0.2, 0) is 14.3 Å². The van der Waals surface area contributed by atoms with Crippen molar-refractivity contribution >= 4 is 38.4 Å². The maximum Gasteiger partial charge on any atom is -1.00 e. The van der Waals surface area contributed by atoms with Crippen molar-refractivity contribution in [2.24, 2.45) is 0 Å². The van der Waals surface area contributed by atoms with Crippen LogP contribution in [0.4, 0.5) is 0 Å². The van der Waals surface area contributed by atoms with Crippen molar-refractivity contribution in [3.05, 3.63) is 91.0 Å². The quantitative estimate of drug-likeness (QED) is 0.242. The number of Topliss-reactive ketones (excluding diaryl/α,β-unsaturated/α-hetero) is 1. The van der Waals surface area contributed by atoms with Gasteiger partial charge in [0.05, 0.1) is 0 Å². The van der Waals surface area contributed by atoms with Crippen molar-refractivity contribution in [1.29, 1.82) is 0 Å². The molecule has 0 saturated carbocycles. The van der Waals surface area contributed by atoms with Gasteiger partial charge in [-0.25, -0.2) is 0 Å². The predicted molar refractivity (Wildman–Crippen MR) is 110 cm³/mol. The van der Waals surface area contributed by atoms with E-state index in [4.69, 9.17) is 5.48 Å². The number of benzene rings is 3. The molecular weight excluding hydrogens is 479 g/mol. The summed E-state index contributed by atoms with van der Waals surface area (Å²) in [6.07, 6.45) is -3.14. The molecule has 3 nitrogen and oxygen atoms in total. The van der Waals surface area contributed by atoms with Crippen LogP contribution < -0.4 is 30.0 Å². The van der Waals surface area contributed by atoms with Crippen LogP contribution in [0.2, 0.25) is 5.16 Å². The molecule has 0 unspecified atom stereocenters. The molecule has 144 valence electrons. The molecule has 0 N–H and O–H groups in total. The number of hydrogen-bond donors (Lipinski definition) is 0. The van der Waals surface area contributed by atoms with Crippen LogP contribution in [0.25, 0.3) is 0 Å². The van der Waals surface area contributed by atoms with E-state index in [-0.39, 0.29) is 17.0 Å². The van der Waals surface area contributed by atoms with Gasteiger partial charge in [-0.05, 0) is 0 Å². The molecule has 3 aromatic rings. The molecule has 0 heterocycles. The molecule has 0 aromatic heterocycles. The maximum atomic E-state index is 13.4. The largest absolute Gasteiger partial charge is 1.00 e. The minimum atomic E-state index is -4.35. The van der Waals surface area contributed by atoms with E-state index in [1.807, 2.05) is 0 Å². The van der Waals surface area contributed by atoms with E-state index in [0.29, 0.717) is 13.1 Å². The summed E-state index contributed by atoms with van der Waals surface area (Å²) in [4.78, 5) is 25.5. The molecule has 3 rings (SSSR count). The van der Waals surface area contributed by atoms with E-state index < -0.39 is 36.8 Å². The van der Waals surface area contributed by atoms with Crippen molar-refractivity contribution in [3.63, 3.8) is 0 Å². The van der Waals surface area contributed by atoms with E-state index >= 15 is 0 Å². The molecule has 0 amide bonds. The third kappa shape index (κ3) is 4.81. The van der Waals surface area contributed by atoms with Crippen LogP contribution in [0.3, 0.4) is 0 Å². The number of methoxy groups -OCH3 is 1. The Morgan fingerprint density at radius 1 is 0.786 bits per heavy atom. The normalized spacial score (nSPS) is 13.8. The molecule has 0 aliphatic carbocycles. The van der Waals surface area contributed by atoms with Crippen molar-refractivity contribution < 1.29 is 36.8 Å². The van der Waals surface area contributed by atoms with Crippen molar-refractivity contribution in [1.82, 2.24) is 0 Å². The van der Waals surface area contributed by atoms with Gasteiger partial charge in [-0.3, -0.25) is 0 Å². The van der Waals surface area contributed by atoms with Crippen molar-refractivity contribution in [2.75, 3.05) is 7.11 Å². The number of halogens is 1. The molecule has 3 aromatic carbocycles. The van der Waals surface area contributed by atoms with E-state index in [1.54, 1.807) is 91.0 Å². The van der Waals surface area contributed by atoms with Gasteiger partial charge < -0.3 is 17.0 Å². The Kier molecular flexibility index (Phi) is 6.23. The molecular formula is C23H22AsBrO3. The summed E-state index contributed by atoms with van der Waals surface area (Å²) in [7, 11) is 0.974. The summed E-state index contributed by atoms with van der Waals surface area (Å²) in [5.41, 5.74) is 0. The number of carbonyl (C=O) groups excluding carboxylic acids is 2. The molecule has 0 spiro atoms. The number of ketones is 1. The Labute approximate surface area is 184 Å². The third-order valence-corrected chi connectivity index (χ3v) is 12.0. The van der Waals surface area contributed by atoms with Gasteiger partial charge in [-0.15, -0.1) is 0 Å². The van der Waals surface area contributed by atoms with Gasteiger partial charge in [0.1, 0.15) is 0 Å². The standard InChI is InChI=1S/C23H22AsO3.BrH/c1-27-23(26)17-22(25)18-24(19-11-5-2-6-12-19,20-13-7-3-8-14-20)21-15-9-4-10-16-21;/h2-16H,17-18H2,1H3;1H/q+1;/p-1/i17D2,18D2;. The van der Waals surface area contributed by atoms with Gasteiger partial charge in [0.15, 0.2) is 0 Å². The number of ether oxygens (including phenoxy) is 1. The Bertz CT molecular complexity index is 968. The monoisotopic (exact) mass is 504 g/mol. The second-order valence-electron chi connectivity index (χ2n) is 5.73. The maximum absolute atomic E-state index is 13.4. The summed E-state index contributed by atoms with van der Waals surface area (Å²) in [5.74, 6) is -2.85. The molecule has 0 aliphatic heterocycles. The van der Waals surface area contributed by atoms with Crippen molar-refractivity contribution in [3.8, 4) is 0 Å². The molecule has 5 heteroatoms. The summed E-state index contributed by atoms with van der Waals surface area (Å²) in [6, 6.07) is 26.6. The molecule has 0 bridgehead atoms. The zero-order valence-corrected chi connectivity index (χ0v) is 18.7. The minimum Gasteiger partial charge on any atom is -1.00 e.